The van der Waals surface area contributed by atoms with Crippen LogP contribution in [0.3, 0.4) is 0 Å². The van der Waals surface area contributed by atoms with E-state index in [9.17, 15) is 19.8 Å². The van der Waals surface area contributed by atoms with Crippen LogP contribution in [0.2, 0.25) is 0 Å². The first kappa shape index (κ1) is 18.9. The molecule has 7 nitrogen and oxygen atoms in total. The Balaban J connectivity index is 2.08. The molecule has 0 aliphatic heterocycles. The maximum absolute atomic E-state index is 12.0. The van der Waals surface area contributed by atoms with Gasteiger partial charge in [0.05, 0.1) is 20.6 Å². The predicted octanol–water partition coefficient (Wildman–Crippen LogP) is 2.44. The third-order valence-corrected chi connectivity index (χ3v) is 3.43. The molecular weight excluding hydrogens is 340 g/mol. The highest BCUT2D eigenvalue weighted by Gasteiger charge is 2.11. The van der Waals surface area contributed by atoms with Crippen LogP contribution in [0.15, 0.2) is 42.5 Å². The molecule has 0 saturated heterocycles. The topological polar surface area (TPSA) is 102 Å². The van der Waals surface area contributed by atoms with E-state index >= 15 is 0 Å². The molecule has 0 bridgehead atoms. The largest absolute Gasteiger partial charge is 0.504 e. The maximum Gasteiger partial charge on any atom is 0.336 e. The van der Waals surface area contributed by atoms with Gasteiger partial charge >= 0.3 is 11.9 Å². The molecule has 0 radical (unpaired) electrons. The highest BCUT2D eigenvalue weighted by molar-refractivity contribution is 5.89. The molecule has 7 heteroatoms. The Morgan fingerprint density at radius 2 is 1.77 bits per heavy atom. The number of aromatic hydroxyl groups is 2. The fourth-order valence-corrected chi connectivity index (χ4v) is 2.10. The molecule has 136 valence electrons. The van der Waals surface area contributed by atoms with Gasteiger partial charge in [-0.15, -0.1) is 0 Å². The van der Waals surface area contributed by atoms with Gasteiger partial charge in [0.15, 0.2) is 23.0 Å². The number of rotatable bonds is 6. The minimum absolute atomic E-state index is 0.0747. The number of benzene rings is 2. The van der Waals surface area contributed by atoms with Gasteiger partial charge < -0.3 is 24.4 Å². The van der Waals surface area contributed by atoms with Gasteiger partial charge in [0.1, 0.15) is 0 Å². The summed E-state index contributed by atoms with van der Waals surface area (Å²) in [6.45, 7) is 0. The normalized spacial score (nSPS) is 10.5. The smallest absolute Gasteiger partial charge is 0.336 e. The van der Waals surface area contributed by atoms with Crippen LogP contribution in [0.1, 0.15) is 11.1 Å². The number of hydrogen-bond acceptors (Lipinski definition) is 7. The number of methoxy groups -OCH3 is 2. The molecule has 2 aromatic rings. The lowest BCUT2D eigenvalue weighted by molar-refractivity contribution is -0.139. The summed E-state index contributed by atoms with van der Waals surface area (Å²) < 4.78 is 15.0. The van der Waals surface area contributed by atoms with Crippen molar-refractivity contribution in [3.63, 3.8) is 0 Å². The summed E-state index contributed by atoms with van der Waals surface area (Å²) in [7, 11) is 2.72. The van der Waals surface area contributed by atoms with Gasteiger partial charge in [-0.25, -0.2) is 4.79 Å². The molecule has 0 spiro atoms. The van der Waals surface area contributed by atoms with Crippen molar-refractivity contribution in [2.75, 3.05) is 14.2 Å². The summed E-state index contributed by atoms with van der Waals surface area (Å²) in [5.41, 5.74) is 1.17. The summed E-state index contributed by atoms with van der Waals surface area (Å²) >= 11 is 0. The average molecular weight is 358 g/mol. The zero-order valence-corrected chi connectivity index (χ0v) is 14.3. The minimum Gasteiger partial charge on any atom is -0.504 e. The van der Waals surface area contributed by atoms with Crippen molar-refractivity contribution >= 4 is 18.0 Å². The number of phenolic OH excluding ortho intramolecular Hbond substituents is 2. The van der Waals surface area contributed by atoms with Crippen molar-refractivity contribution in [2.24, 2.45) is 0 Å². The molecule has 2 aromatic carbocycles. The van der Waals surface area contributed by atoms with E-state index in [0.717, 1.165) is 0 Å². The standard InChI is InChI=1S/C19H18O7/c1-24-17-10-13(11-19(23)25-2)4-7-16(17)26-18(22)8-5-12-3-6-14(20)15(21)9-12/h3-10,20-21H,11H2,1-2H3/b8-5+. The van der Waals surface area contributed by atoms with Gasteiger partial charge in [-0.1, -0.05) is 12.1 Å². The molecule has 0 fully saturated rings. The minimum atomic E-state index is -0.656. The van der Waals surface area contributed by atoms with Crippen LogP contribution >= 0.6 is 0 Å². The first-order chi connectivity index (χ1) is 12.4. The summed E-state index contributed by atoms with van der Waals surface area (Å²) in [6.07, 6.45) is 2.68. The number of phenols is 2. The lowest BCUT2D eigenvalue weighted by Gasteiger charge is -2.09. The van der Waals surface area contributed by atoms with E-state index < -0.39 is 11.9 Å². The summed E-state index contributed by atoms with van der Waals surface area (Å²) in [6, 6.07) is 8.88. The van der Waals surface area contributed by atoms with E-state index in [1.807, 2.05) is 0 Å². The highest BCUT2D eigenvalue weighted by atomic mass is 16.6. The molecule has 0 amide bonds. The molecule has 2 N–H and O–H groups in total. The zero-order chi connectivity index (χ0) is 19.1. The summed E-state index contributed by atoms with van der Waals surface area (Å²) in [4.78, 5) is 23.3. The van der Waals surface area contributed by atoms with E-state index in [1.165, 1.54) is 50.6 Å². The van der Waals surface area contributed by atoms with E-state index in [-0.39, 0.29) is 23.7 Å². The van der Waals surface area contributed by atoms with Gasteiger partial charge in [0.25, 0.3) is 0 Å². The van der Waals surface area contributed by atoms with Crippen LogP contribution in [-0.4, -0.2) is 36.4 Å². The Hall–Kier alpha value is -3.48. The number of ether oxygens (including phenoxy) is 3. The first-order valence-electron chi connectivity index (χ1n) is 7.58. The predicted molar refractivity (Wildman–Crippen MR) is 93.2 cm³/mol. The lowest BCUT2D eigenvalue weighted by atomic mass is 10.1. The van der Waals surface area contributed by atoms with Crippen molar-refractivity contribution in [2.45, 2.75) is 6.42 Å². The molecule has 0 heterocycles. The second kappa shape index (κ2) is 8.57. The second-order valence-corrected chi connectivity index (χ2v) is 5.24. The summed E-state index contributed by atoms with van der Waals surface area (Å²) in [5.74, 6) is -1.09. The second-order valence-electron chi connectivity index (χ2n) is 5.24. The van der Waals surface area contributed by atoms with Crippen LogP contribution in [0.4, 0.5) is 0 Å². The molecule has 0 aliphatic carbocycles. The number of esters is 2. The van der Waals surface area contributed by atoms with E-state index in [0.29, 0.717) is 16.9 Å². The van der Waals surface area contributed by atoms with Gasteiger partial charge in [-0.3, -0.25) is 4.79 Å². The lowest BCUT2D eigenvalue weighted by Crippen LogP contribution is -2.07. The average Bonchev–Trinajstić information content (AvgIpc) is 2.63. The molecule has 0 unspecified atom stereocenters. The molecule has 26 heavy (non-hydrogen) atoms. The first-order valence-corrected chi connectivity index (χ1v) is 7.58. The third kappa shape index (κ3) is 5.01. The molecule has 0 saturated carbocycles. The van der Waals surface area contributed by atoms with Crippen LogP contribution in [0.5, 0.6) is 23.0 Å². The number of carbonyl (C=O) groups excluding carboxylic acids is 2. The Morgan fingerprint density at radius 3 is 2.42 bits per heavy atom. The van der Waals surface area contributed by atoms with Crippen molar-refractivity contribution in [1.29, 1.82) is 0 Å². The molecule has 2 rings (SSSR count). The fourth-order valence-electron chi connectivity index (χ4n) is 2.10. The Labute approximate surface area is 150 Å². The highest BCUT2D eigenvalue weighted by Crippen LogP contribution is 2.29. The number of hydrogen-bond donors (Lipinski definition) is 2. The van der Waals surface area contributed by atoms with Crippen molar-refractivity contribution in [3.8, 4) is 23.0 Å². The van der Waals surface area contributed by atoms with Crippen molar-refractivity contribution < 1.29 is 34.0 Å². The van der Waals surface area contributed by atoms with Gasteiger partial charge in [-0.05, 0) is 41.5 Å². The van der Waals surface area contributed by atoms with Crippen LogP contribution in [0, 0.1) is 0 Å². The molecule has 0 aliphatic rings. The molecular formula is C19H18O7. The van der Waals surface area contributed by atoms with Gasteiger partial charge in [0.2, 0.25) is 0 Å². The Morgan fingerprint density at radius 1 is 1.00 bits per heavy atom. The van der Waals surface area contributed by atoms with Gasteiger partial charge in [-0.2, -0.15) is 0 Å². The third-order valence-electron chi connectivity index (χ3n) is 3.43. The Kier molecular flexibility index (Phi) is 6.21. The van der Waals surface area contributed by atoms with Crippen molar-refractivity contribution in [3.05, 3.63) is 53.6 Å². The van der Waals surface area contributed by atoms with E-state index in [2.05, 4.69) is 4.74 Å². The zero-order valence-electron chi connectivity index (χ0n) is 14.3. The maximum atomic E-state index is 12.0. The van der Waals surface area contributed by atoms with Gasteiger partial charge in [0, 0.05) is 6.08 Å². The Bertz CT molecular complexity index is 840. The quantitative estimate of drug-likeness (QED) is 0.354. The van der Waals surface area contributed by atoms with Crippen LogP contribution in [-0.2, 0) is 20.7 Å². The van der Waals surface area contributed by atoms with Crippen LogP contribution < -0.4 is 9.47 Å². The van der Waals surface area contributed by atoms with Crippen LogP contribution in [0.25, 0.3) is 6.08 Å². The number of carbonyl (C=O) groups is 2. The summed E-state index contributed by atoms with van der Waals surface area (Å²) in [5, 5.41) is 18.7. The van der Waals surface area contributed by atoms with E-state index in [1.54, 1.807) is 12.1 Å². The monoisotopic (exact) mass is 358 g/mol. The molecule has 0 aromatic heterocycles. The SMILES string of the molecule is COC(=O)Cc1ccc(OC(=O)/C=C/c2ccc(O)c(O)c2)c(OC)c1. The van der Waals surface area contributed by atoms with Crippen molar-refractivity contribution in [1.82, 2.24) is 0 Å². The fraction of sp³-hybridized carbons (Fsp3) is 0.158. The van der Waals surface area contributed by atoms with E-state index in [4.69, 9.17) is 9.47 Å². The molecule has 0 atom stereocenters.